The Labute approximate surface area is 176 Å². The fourth-order valence-electron chi connectivity index (χ4n) is 2.94. The van der Waals surface area contributed by atoms with E-state index < -0.39 is 0 Å². The number of halogens is 1. The third-order valence-electron chi connectivity index (χ3n) is 4.68. The Bertz CT molecular complexity index is 968. The molecule has 1 N–H and O–H groups in total. The van der Waals surface area contributed by atoms with Crippen molar-refractivity contribution >= 4 is 17.5 Å². The summed E-state index contributed by atoms with van der Waals surface area (Å²) in [6.45, 7) is 4.27. The summed E-state index contributed by atoms with van der Waals surface area (Å²) < 4.78 is 11.3. The topological polar surface area (TPSA) is 47.6 Å². The number of hydrogen-bond donors (Lipinski definition) is 1. The van der Waals surface area contributed by atoms with E-state index in [1.165, 1.54) is 5.56 Å². The fraction of sp³-hybridized carbons (Fsp3) is 0.208. The van der Waals surface area contributed by atoms with Crippen LogP contribution in [0.2, 0.25) is 5.02 Å². The second-order valence-corrected chi connectivity index (χ2v) is 7.31. The summed E-state index contributed by atoms with van der Waals surface area (Å²) in [7, 11) is 1.60. The van der Waals surface area contributed by atoms with Crippen LogP contribution in [0.3, 0.4) is 0 Å². The van der Waals surface area contributed by atoms with E-state index in [0.717, 1.165) is 16.9 Å². The third kappa shape index (κ3) is 5.52. The van der Waals surface area contributed by atoms with E-state index in [1.54, 1.807) is 25.3 Å². The number of rotatable bonds is 7. The first-order valence-electron chi connectivity index (χ1n) is 9.39. The Morgan fingerprint density at radius 2 is 1.72 bits per heavy atom. The van der Waals surface area contributed by atoms with E-state index in [0.29, 0.717) is 22.9 Å². The second kappa shape index (κ2) is 9.48. The average Bonchev–Trinajstić information content (AvgIpc) is 2.73. The molecule has 0 heterocycles. The van der Waals surface area contributed by atoms with Crippen LogP contribution in [-0.2, 0) is 6.61 Å². The molecule has 5 heteroatoms. The standard InChI is InChI=1S/C24H24ClNO3/c1-16-4-11-22(12-5-16)29-15-20-14-19(8-13-23(20)28-3)24(27)26-17(2)18-6-9-21(25)10-7-18/h4-14,17H,15H2,1-3H3,(H,26,27)/t17-/m0/s1. The summed E-state index contributed by atoms with van der Waals surface area (Å²) in [6, 6.07) is 20.5. The molecule has 0 fully saturated rings. The molecular formula is C24H24ClNO3. The molecule has 0 spiro atoms. The van der Waals surface area contributed by atoms with Crippen molar-refractivity contribution in [2.75, 3.05) is 7.11 Å². The van der Waals surface area contributed by atoms with Crippen molar-refractivity contribution in [2.24, 2.45) is 0 Å². The van der Waals surface area contributed by atoms with Gasteiger partial charge in [0.25, 0.3) is 5.91 Å². The van der Waals surface area contributed by atoms with Gasteiger partial charge in [0.05, 0.1) is 13.2 Å². The predicted octanol–water partition coefficient (Wildman–Crippen LogP) is 5.73. The zero-order chi connectivity index (χ0) is 20.8. The molecule has 0 saturated carbocycles. The van der Waals surface area contributed by atoms with Crippen LogP contribution in [-0.4, -0.2) is 13.0 Å². The molecule has 0 aliphatic heterocycles. The highest BCUT2D eigenvalue weighted by molar-refractivity contribution is 6.30. The zero-order valence-electron chi connectivity index (χ0n) is 16.7. The molecular weight excluding hydrogens is 386 g/mol. The van der Waals surface area contributed by atoms with Crippen molar-refractivity contribution < 1.29 is 14.3 Å². The summed E-state index contributed by atoms with van der Waals surface area (Å²) >= 11 is 5.93. The molecule has 4 nitrogen and oxygen atoms in total. The van der Waals surface area contributed by atoms with Crippen molar-refractivity contribution in [3.05, 3.63) is 94.0 Å². The lowest BCUT2D eigenvalue weighted by atomic mass is 10.1. The van der Waals surface area contributed by atoms with Crippen LogP contribution in [0.25, 0.3) is 0 Å². The van der Waals surface area contributed by atoms with Gasteiger partial charge in [0.2, 0.25) is 0 Å². The maximum atomic E-state index is 12.7. The summed E-state index contributed by atoms with van der Waals surface area (Å²) in [6.07, 6.45) is 0. The van der Waals surface area contributed by atoms with Gasteiger partial charge in [-0.15, -0.1) is 0 Å². The van der Waals surface area contributed by atoms with Gasteiger partial charge < -0.3 is 14.8 Å². The van der Waals surface area contributed by atoms with Crippen LogP contribution >= 0.6 is 11.6 Å². The van der Waals surface area contributed by atoms with Gasteiger partial charge in [-0.05, 0) is 61.9 Å². The molecule has 0 radical (unpaired) electrons. The fourth-order valence-corrected chi connectivity index (χ4v) is 3.07. The Morgan fingerprint density at radius 1 is 1.03 bits per heavy atom. The first-order chi connectivity index (χ1) is 14.0. The Kier molecular flexibility index (Phi) is 6.78. The first kappa shape index (κ1) is 20.7. The largest absolute Gasteiger partial charge is 0.496 e. The summed E-state index contributed by atoms with van der Waals surface area (Å²) in [4.78, 5) is 12.7. The van der Waals surface area contributed by atoms with Crippen LogP contribution in [0.15, 0.2) is 66.7 Å². The number of carbonyl (C=O) groups is 1. The molecule has 0 bridgehead atoms. The van der Waals surface area contributed by atoms with E-state index in [-0.39, 0.29) is 11.9 Å². The summed E-state index contributed by atoms with van der Waals surface area (Å²) in [5, 5.41) is 3.68. The van der Waals surface area contributed by atoms with Crippen molar-refractivity contribution in [2.45, 2.75) is 26.5 Å². The second-order valence-electron chi connectivity index (χ2n) is 6.88. The first-order valence-corrected chi connectivity index (χ1v) is 9.77. The van der Waals surface area contributed by atoms with Gasteiger partial charge in [0.15, 0.2) is 0 Å². The highest BCUT2D eigenvalue weighted by Crippen LogP contribution is 2.23. The number of ether oxygens (including phenoxy) is 2. The lowest BCUT2D eigenvalue weighted by Crippen LogP contribution is -2.26. The van der Waals surface area contributed by atoms with Crippen molar-refractivity contribution in [1.82, 2.24) is 5.32 Å². The number of nitrogens with one attached hydrogen (secondary N) is 1. The normalized spacial score (nSPS) is 11.6. The Balaban J connectivity index is 1.71. The van der Waals surface area contributed by atoms with Gasteiger partial charge in [0, 0.05) is 16.1 Å². The van der Waals surface area contributed by atoms with Gasteiger partial charge in [0.1, 0.15) is 18.1 Å². The van der Waals surface area contributed by atoms with Crippen LogP contribution in [0.5, 0.6) is 11.5 Å². The highest BCUT2D eigenvalue weighted by atomic mass is 35.5. The monoisotopic (exact) mass is 409 g/mol. The molecule has 150 valence electrons. The molecule has 0 unspecified atom stereocenters. The minimum Gasteiger partial charge on any atom is -0.496 e. The molecule has 3 aromatic carbocycles. The van der Waals surface area contributed by atoms with E-state index >= 15 is 0 Å². The quantitative estimate of drug-likeness (QED) is 0.542. The van der Waals surface area contributed by atoms with Crippen molar-refractivity contribution in [3.63, 3.8) is 0 Å². The number of methoxy groups -OCH3 is 1. The lowest BCUT2D eigenvalue weighted by molar-refractivity contribution is 0.0939. The lowest BCUT2D eigenvalue weighted by Gasteiger charge is -2.16. The molecule has 29 heavy (non-hydrogen) atoms. The van der Waals surface area contributed by atoms with E-state index in [9.17, 15) is 4.79 Å². The molecule has 1 atom stereocenters. The SMILES string of the molecule is COc1ccc(C(=O)N[C@@H](C)c2ccc(Cl)cc2)cc1COc1ccc(C)cc1. The molecule has 0 aromatic heterocycles. The predicted molar refractivity (Wildman–Crippen MR) is 116 cm³/mol. The molecule has 0 saturated heterocycles. The third-order valence-corrected chi connectivity index (χ3v) is 4.93. The minimum absolute atomic E-state index is 0.144. The smallest absolute Gasteiger partial charge is 0.251 e. The van der Waals surface area contributed by atoms with Gasteiger partial charge in [-0.25, -0.2) is 0 Å². The van der Waals surface area contributed by atoms with Crippen molar-refractivity contribution in [3.8, 4) is 11.5 Å². The van der Waals surface area contributed by atoms with E-state index in [2.05, 4.69) is 5.32 Å². The number of carbonyl (C=O) groups excluding carboxylic acids is 1. The number of benzene rings is 3. The van der Waals surface area contributed by atoms with Gasteiger partial charge >= 0.3 is 0 Å². The van der Waals surface area contributed by atoms with Gasteiger partial charge in [-0.3, -0.25) is 4.79 Å². The molecule has 1 amide bonds. The Morgan fingerprint density at radius 3 is 2.38 bits per heavy atom. The zero-order valence-corrected chi connectivity index (χ0v) is 17.5. The van der Waals surface area contributed by atoms with Crippen LogP contribution in [0.4, 0.5) is 0 Å². The van der Waals surface area contributed by atoms with E-state index in [4.69, 9.17) is 21.1 Å². The van der Waals surface area contributed by atoms with Crippen LogP contribution < -0.4 is 14.8 Å². The number of aryl methyl sites for hydroxylation is 1. The van der Waals surface area contributed by atoms with Crippen LogP contribution in [0.1, 0.15) is 40.0 Å². The maximum absolute atomic E-state index is 12.7. The Hall–Kier alpha value is -2.98. The highest BCUT2D eigenvalue weighted by Gasteiger charge is 2.14. The molecule has 3 aromatic rings. The van der Waals surface area contributed by atoms with Gasteiger partial charge in [-0.1, -0.05) is 41.4 Å². The average molecular weight is 410 g/mol. The molecule has 0 aliphatic rings. The van der Waals surface area contributed by atoms with Crippen LogP contribution in [0, 0.1) is 6.92 Å². The maximum Gasteiger partial charge on any atom is 0.251 e. The molecule has 3 rings (SSSR count). The van der Waals surface area contributed by atoms with Crippen molar-refractivity contribution in [1.29, 1.82) is 0 Å². The van der Waals surface area contributed by atoms with Gasteiger partial charge in [-0.2, -0.15) is 0 Å². The number of hydrogen-bond acceptors (Lipinski definition) is 3. The summed E-state index contributed by atoms with van der Waals surface area (Å²) in [5.74, 6) is 1.29. The summed E-state index contributed by atoms with van der Waals surface area (Å²) in [5.41, 5.74) is 3.51. The van der Waals surface area contributed by atoms with E-state index in [1.807, 2.05) is 62.4 Å². The minimum atomic E-state index is -0.160. The molecule has 0 aliphatic carbocycles. The number of amides is 1.